The maximum Gasteiger partial charge on any atom is 0.360 e. The standard InChI is InChI=1S/C18H18N2O3S/c1-3-4-10-23-18(22)15-16(21)17-13(11(2)20-24-17)14(19-15)12-8-6-5-7-9-12/h5-9,21H,3-4,10H2,1-2H3. The van der Waals surface area contributed by atoms with Gasteiger partial charge in [-0.15, -0.1) is 0 Å². The second-order valence-corrected chi connectivity index (χ2v) is 6.26. The highest BCUT2D eigenvalue weighted by molar-refractivity contribution is 7.14. The lowest BCUT2D eigenvalue weighted by molar-refractivity contribution is 0.0490. The number of carbonyl (C=O) groups excluding carboxylic acids is 1. The molecule has 2 heterocycles. The van der Waals surface area contributed by atoms with Gasteiger partial charge >= 0.3 is 5.97 Å². The summed E-state index contributed by atoms with van der Waals surface area (Å²) in [5.74, 6) is -0.761. The lowest BCUT2D eigenvalue weighted by Crippen LogP contribution is -2.09. The zero-order valence-corrected chi connectivity index (χ0v) is 14.4. The SMILES string of the molecule is CCCCOC(=O)c1nc(-c2ccccc2)c2c(C)nsc2c1O. The summed E-state index contributed by atoms with van der Waals surface area (Å²) < 4.78 is 10.1. The fourth-order valence-electron chi connectivity index (χ4n) is 2.46. The molecule has 0 amide bonds. The first kappa shape index (κ1) is 16.4. The van der Waals surface area contributed by atoms with Gasteiger partial charge in [-0.25, -0.2) is 9.78 Å². The van der Waals surface area contributed by atoms with Gasteiger partial charge in [-0.2, -0.15) is 4.37 Å². The molecule has 0 saturated heterocycles. The molecule has 0 aliphatic heterocycles. The van der Waals surface area contributed by atoms with E-state index in [2.05, 4.69) is 9.36 Å². The van der Waals surface area contributed by atoms with Crippen molar-refractivity contribution in [1.29, 1.82) is 0 Å². The predicted octanol–water partition coefficient (Wildman–Crippen LogP) is 4.33. The van der Waals surface area contributed by atoms with Crippen LogP contribution in [0.25, 0.3) is 21.3 Å². The molecular weight excluding hydrogens is 324 g/mol. The van der Waals surface area contributed by atoms with Crippen LogP contribution in [0.1, 0.15) is 35.9 Å². The van der Waals surface area contributed by atoms with Gasteiger partial charge < -0.3 is 9.84 Å². The monoisotopic (exact) mass is 342 g/mol. The van der Waals surface area contributed by atoms with Gasteiger partial charge in [0.05, 0.1) is 18.0 Å². The predicted molar refractivity (Wildman–Crippen MR) is 94.4 cm³/mol. The Balaban J connectivity index is 2.14. The van der Waals surface area contributed by atoms with Crippen LogP contribution in [0.4, 0.5) is 0 Å². The third-order valence-electron chi connectivity index (χ3n) is 3.73. The summed E-state index contributed by atoms with van der Waals surface area (Å²) in [6.07, 6.45) is 1.70. The highest BCUT2D eigenvalue weighted by atomic mass is 32.1. The molecular formula is C18H18N2O3S. The summed E-state index contributed by atoms with van der Waals surface area (Å²) >= 11 is 1.16. The normalized spacial score (nSPS) is 10.9. The van der Waals surface area contributed by atoms with Gasteiger partial charge in [0, 0.05) is 10.9 Å². The number of esters is 1. The molecule has 3 aromatic rings. The second kappa shape index (κ2) is 6.97. The van der Waals surface area contributed by atoms with Crippen molar-refractivity contribution < 1.29 is 14.6 Å². The van der Waals surface area contributed by atoms with Crippen molar-refractivity contribution in [2.24, 2.45) is 0 Å². The molecule has 6 heteroatoms. The number of aromatic nitrogens is 2. The van der Waals surface area contributed by atoms with Gasteiger partial charge in [-0.1, -0.05) is 43.7 Å². The Morgan fingerprint density at radius 3 is 2.75 bits per heavy atom. The summed E-state index contributed by atoms with van der Waals surface area (Å²) in [6, 6.07) is 9.57. The number of carbonyl (C=O) groups is 1. The minimum absolute atomic E-state index is 0.0545. The number of aromatic hydroxyl groups is 1. The number of ether oxygens (including phenoxy) is 1. The van der Waals surface area contributed by atoms with Crippen LogP contribution in [-0.4, -0.2) is 27.0 Å². The van der Waals surface area contributed by atoms with E-state index in [1.54, 1.807) is 0 Å². The van der Waals surface area contributed by atoms with E-state index in [-0.39, 0.29) is 11.4 Å². The minimum Gasteiger partial charge on any atom is -0.504 e. The number of aryl methyl sites for hydroxylation is 1. The van der Waals surface area contributed by atoms with Crippen LogP contribution in [0.15, 0.2) is 30.3 Å². The highest BCUT2D eigenvalue weighted by Crippen LogP contribution is 2.39. The highest BCUT2D eigenvalue weighted by Gasteiger charge is 2.23. The third kappa shape index (κ3) is 2.97. The first-order valence-electron chi connectivity index (χ1n) is 7.85. The van der Waals surface area contributed by atoms with Crippen molar-refractivity contribution in [3.8, 4) is 17.0 Å². The Bertz CT molecular complexity index is 875. The molecule has 24 heavy (non-hydrogen) atoms. The van der Waals surface area contributed by atoms with Gasteiger partial charge in [0.25, 0.3) is 0 Å². The van der Waals surface area contributed by atoms with E-state index in [1.165, 1.54) is 0 Å². The van der Waals surface area contributed by atoms with Crippen molar-refractivity contribution in [2.75, 3.05) is 6.61 Å². The molecule has 124 valence electrons. The molecule has 0 saturated carbocycles. The number of benzene rings is 1. The Kier molecular flexibility index (Phi) is 4.76. The molecule has 5 nitrogen and oxygen atoms in total. The number of nitrogens with zero attached hydrogens (tertiary/aromatic N) is 2. The fourth-order valence-corrected chi connectivity index (χ4v) is 3.30. The third-order valence-corrected chi connectivity index (χ3v) is 4.68. The van der Waals surface area contributed by atoms with E-state index in [9.17, 15) is 9.90 Å². The molecule has 0 atom stereocenters. The first-order valence-corrected chi connectivity index (χ1v) is 8.62. The van der Waals surface area contributed by atoms with Crippen molar-refractivity contribution in [3.63, 3.8) is 0 Å². The number of pyridine rings is 1. The molecule has 0 aliphatic carbocycles. The van der Waals surface area contributed by atoms with Crippen molar-refractivity contribution in [1.82, 2.24) is 9.36 Å². The van der Waals surface area contributed by atoms with E-state index in [1.807, 2.05) is 44.2 Å². The average Bonchev–Trinajstić information content (AvgIpc) is 2.99. The van der Waals surface area contributed by atoms with Crippen molar-refractivity contribution in [2.45, 2.75) is 26.7 Å². The zero-order chi connectivity index (χ0) is 17.1. The molecule has 1 aromatic carbocycles. The van der Waals surface area contributed by atoms with Gasteiger partial charge in [-0.3, -0.25) is 0 Å². The van der Waals surface area contributed by atoms with E-state index < -0.39 is 5.97 Å². The molecule has 1 N–H and O–H groups in total. The molecule has 0 fully saturated rings. The van der Waals surface area contributed by atoms with Gasteiger partial charge in [-0.05, 0) is 24.9 Å². The Hall–Kier alpha value is -2.47. The van der Waals surface area contributed by atoms with E-state index in [4.69, 9.17) is 4.74 Å². The van der Waals surface area contributed by atoms with Crippen LogP contribution in [0, 0.1) is 6.92 Å². The smallest absolute Gasteiger partial charge is 0.360 e. The first-order chi connectivity index (χ1) is 11.6. The Labute approximate surface area is 144 Å². The quantitative estimate of drug-likeness (QED) is 0.552. The molecule has 0 radical (unpaired) electrons. The van der Waals surface area contributed by atoms with Gasteiger partial charge in [0.15, 0.2) is 11.4 Å². The lowest BCUT2D eigenvalue weighted by atomic mass is 10.1. The molecule has 0 spiro atoms. The molecule has 0 unspecified atom stereocenters. The Morgan fingerprint density at radius 2 is 2.04 bits per heavy atom. The summed E-state index contributed by atoms with van der Waals surface area (Å²) in [7, 11) is 0. The minimum atomic E-state index is -0.605. The fraction of sp³-hybridized carbons (Fsp3) is 0.278. The summed E-state index contributed by atoms with van der Waals surface area (Å²) in [5.41, 5.74) is 2.23. The number of hydrogen-bond acceptors (Lipinski definition) is 6. The summed E-state index contributed by atoms with van der Waals surface area (Å²) in [6.45, 7) is 4.20. The zero-order valence-electron chi connectivity index (χ0n) is 13.6. The summed E-state index contributed by atoms with van der Waals surface area (Å²) in [5, 5.41) is 11.2. The van der Waals surface area contributed by atoms with Gasteiger partial charge in [0.2, 0.25) is 0 Å². The van der Waals surface area contributed by atoms with E-state index >= 15 is 0 Å². The molecule has 3 rings (SSSR count). The van der Waals surface area contributed by atoms with Crippen molar-refractivity contribution in [3.05, 3.63) is 41.7 Å². The van der Waals surface area contributed by atoms with Gasteiger partial charge in [0.1, 0.15) is 4.70 Å². The maximum atomic E-state index is 12.3. The second-order valence-electron chi connectivity index (χ2n) is 5.49. The van der Waals surface area contributed by atoms with Crippen LogP contribution < -0.4 is 0 Å². The van der Waals surface area contributed by atoms with Crippen LogP contribution in [-0.2, 0) is 4.74 Å². The summed E-state index contributed by atoms with van der Waals surface area (Å²) in [4.78, 5) is 16.7. The largest absolute Gasteiger partial charge is 0.504 e. The number of hydrogen-bond donors (Lipinski definition) is 1. The topological polar surface area (TPSA) is 72.3 Å². The Morgan fingerprint density at radius 1 is 1.29 bits per heavy atom. The number of fused-ring (bicyclic) bond motifs is 1. The lowest BCUT2D eigenvalue weighted by Gasteiger charge is -2.10. The van der Waals surface area contributed by atoms with Crippen LogP contribution in [0.2, 0.25) is 0 Å². The van der Waals surface area contributed by atoms with Crippen LogP contribution >= 0.6 is 11.5 Å². The average molecular weight is 342 g/mol. The van der Waals surface area contributed by atoms with E-state index in [0.717, 1.165) is 41.0 Å². The van der Waals surface area contributed by atoms with Crippen LogP contribution in [0.3, 0.4) is 0 Å². The van der Waals surface area contributed by atoms with E-state index in [0.29, 0.717) is 17.0 Å². The molecule has 0 bridgehead atoms. The number of unbranched alkanes of at least 4 members (excludes halogenated alkanes) is 1. The van der Waals surface area contributed by atoms with Crippen molar-refractivity contribution >= 4 is 27.6 Å². The number of rotatable bonds is 5. The molecule has 2 aromatic heterocycles. The molecule has 0 aliphatic rings. The van der Waals surface area contributed by atoms with Crippen LogP contribution in [0.5, 0.6) is 5.75 Å². The maximum absolute atomic E-state index is 12.3.